The molecule has 2 aromatic carbocycles. The molecule has 2 aromatic rings. The first-order chi connectivity index (χ1) is 11.5. The van der Waals surface area contributed by atoms with Crippen LogP contribution in [0.5, 0.6) is 5.75 Å². The van der Waals surface area contributed by atoms with E-state index in [1.165, 1.54) is 25.3 Å². The molecule has 0 aliphatic carbocycles. The summed E-state index contributed by atoms with van der Waals surface area (Å²) in [6, 6.07) is 14.7. The predicted octanol–water partition coefficient (Wildman–Crippen LogP) is 3.05. The van der Waals surface area contributed by atoms with Gasteiger partial charge in [-0.25, -0.2) is 0 Å². The van der Waals surface area contributed by atoms with Gasteiger partial charge in [-0.15, -0.1) is 0 Å². The fraction of sp³-hybridized carbons (Fsp3) is 0.0556. The van der Waals surface area contributed by atoms with Crippen molar-refractivity contribution >= 4 is 23.1 Å². The summed E-state index contributed by atoms with van der Waals surface area (Å²) in [7, 11) is 0. The Morgan fingerprint density at radius 1 is 1.17 bits per heavy atom. The number of anilines is 2. The molecule has 0 aliphatic heterocycles. The van der Waals surface area contributed by atoms with Crippen molar-refractivity contribution in [1.82, 2.24) is 0 Å². The molecule has 0 spiro atoms. The van der Waals surface area contributed by atoms with E-state index in [1.807, 2.05) is 0 Å². The van der Waals surface area contributed by atoms with E-state index >= 15 is 0 Å². The number of carbonyl (C=O) groups is 2. The van der Waals surface area contributed by atoms with Gasteiger partial charge in [-0.2, -0.15) is 5.26 Å². The zero-order chi connectivity index (χ0) is 17.5. The molecule has 0 fully saturated rings. The van der Waals surface area contributed by atoms with E-state index in [9.17, 15) is 14.7 Å². The molecule has 0 aromatic heterocycles. The van der Waals surface area contributed by atoms with Gasteiger partial charge in [-0.3, -0.25) is 9.59 Å². The molecular weight excluding hydrogens is 306 g/mol. The van der Waals surface area contributed by atoms with Crippen LogP contribution < -0.4 is 10.6 Å². The average Bonchev–Trinajstić information content (AvgIpc) is 2.57. The molecule has 0 saturated heterocycles. The molecule has 0 radical (unpaired) electrons. The molecule has 0 heterocycles. The quantitative estimate of drug-likeness (QED) is 0.340. The van der Waals surface area contributed by atoms with Crippen LogP contribution in [0, 0.1) is 11.3 Å². The first-order valence-electron chi connectivity index (χ1n) is 7.08. The summed E-state index contributed by atoms with van der Waals surface area (Å²) in [5, 5.41) is 24.0. The third-order valence-electron chi connectivity index (χ3n) is 3.17. The molecular formula is C18H15N3O3. The van der Waals surface area contributed by atoms with Crippen LogP contribution in [0.2, 0.25) is 0 Å². The highest BCUT2D eigenvalue weighted by Gasteiger charge is 2.10. The van der Waals surface area contributed by atoms with Gasteiger partial charge in [0.15, 0.2) is 5.78 Å². The van der Waals surface area contributed by atoms with Crippen molar-refractivity contribution in [2.75, 3.05) is 10.6 Å². The molecule has 120 valence electrons. The summed E-state index contributed by atoms with van der Waals surface area (Å²) >= 11 is 0. The van der Waals surface area contributed by atoms with Crippen molar-refractivity contribution in [2.45, 2.75) is 6.92 Å². The number of aromatic hydroxyl groups is 1. The van der Waals surface area contributed by atoms with Crippen LogP contribution in [0.15, 0.2) is 60.3 Å². The number of nitriles is 1. The van der Waals surface area contributed by atoms with Crippen LogP contribution in [0.3, 0.4) is 0 Å². The Labute approximate surface area is 139 Å². The van der Waals surface area contributed by atoms with Gasteiger partial charge in [0.1, 0.15) is 17.4 Å². The number of Topliss-reactive ketones (excluding diaryl/α,β-unsaturated/α-hetero) is 1. The van der Waals surface area contributed by atoms with Gasteiger partial charge < -0.3 is 15.7 Å². The molecule has 0 atom stereocenters. The number of para-hydroxylation sites is 2. The van der Waals surface area contributed by atoms with Crippen LogP contribution >= 0.6 is 0 Å². The van der Waals surface area contributed by atoms with Crippen molar-refractivity contribution < 1.29 is 14.7 Å². The largest absolute Gasteiger partial charge is 0.506 e. The smallest absolute Gasteiger partial charge is 0.267 e. The zero-order valence-corrected chi connectivity index (χ0v) is 12.9. The maximum atomic E-state index is 12.1. The fourth-order valence-electron chi connectivity index (χ4n) is 1.91. The Morgan fingerprint density at radius 2 is 1.92 bits per heavy atom. The van der Waals surface area contributed by atoms with E-state index in [4.69, 9.17) is 5.26 Å². The van der Waals surface area contributed by atoms with E-state index < -0.39 is 5.91 Å². The molecule has 6 nitrogen and oxygen atoms in total. The second-order valence-electron chi connectivity index (χ2n) is 4.92. The summed E-state index contributed by atoms with van der Waals surface area (Å²) in [6.45, 7) is 1.43. The van der Waals surface area contributed by atoms with Gasteiger partial charge in [-0.1, -0.05) is 24.3 Å². The lowest BCUT2D eigenvalue weighted by Crippen LogP contribution is -2.14. The zero-order valence-electron chi connectivity index (χ0n) is 12.9. The van der Waals surface area contributed by atoms with Crippen LogP contribution in [0.1, 0.15) is 17.3 Å². The third-order valence-corrected chi connectivity index (χ3v) is 3.17. The van der Waals surface area contributed by atoms with Gasteiger partial charge in [-0.05, 0) is 31.2 Å². The first kappa shape index (κ1) is 16.8. The van der Waals surface area contributed by atoms with Crippen molar-refractivity contribution in [3.8, 4) is 11.8 Å². The minimum absolute atomic E-state index is 0.000562. The summed E-state index contributed by atoms with van der Waals surface area (Å²) in [6.07, 6.45) is 1.21. The highest BCUT2D eigenvalue weighted by atomic mass is 16.3. The standard InChI is InChI=1S/C18H15N3O3/c1-12(22)13-5-4-6-15(9-13)21-18(24)14(10-19)11-20-16-7-2-3-8-17(16)23/h2-9,11,20,23H,1H3,(H,21,24)/b14-11-. The minimum Gasteiger partial charge on any atom is -0.506 e. The topological polar surface area (TPSA) is 102 Å². The second kappa shape index (κ2) is 7.61. The Bertz CT molecular complexity index is 851. The fourth-order valence-corrected chi connectivity index (χ4v) is 1.91. The molecule has 0 aliphatic rings. The third kappa shape index (κ3) is 4.21. The SMILES string of the molecule is CC(=O)c1cccc(NC(=O)/C(C#N)=C\Nc2ccccc2O)c1. The first-order valence-corrected chi connectivity index (χ1v) is 7.08. The Balaban J connectivity index is 2.13. The van der Waals surface area contributed by atoms with Gasteiger partial charge in [0, 0.05) is 17.5 Å². The molecule has 0 unspecified atom stereocenters. The van der Waals surface area contributed by atoms with E-state index in [0.29, 0.717) is 16.9 Å². The number of ketones is 1. The van der Waals surface area contributed by atoms with Crippen molar-refractivity contribution in [2.24, 2.45) is 0 Å². The molecule has 6 heteroatoms. The Morgan fingerprint density at radius 3 is 2.58 bits per heavy atom. The van der Waals surface area contributed by atoms with Crippen LogP contribution in [0.25, 0.3) is 0 Å². The molecule has 0 bridgehead atoms. The van der Waals surface area contributed by atoms with E-state index in [-0.39, 0.29) is 17.1 Å². The molecule has 24 heavy (non-hydrogen) atoms. The number of benzene rings is 2. The number of phenolic OH excluding ortho intramolecular Hbond substituents is 1. The van der Waals surface area contributed by atoms with E-state index in [1.54, 1.807) is 42.5 Å². The summed E-state index contributed by atoms with van der Waals surface area (Å²) in [5.41, 5.74) is 1.07. The molecule has 0 saturated carbocycles. The van der Waals surface area contributed by atoms with Crippen LogP contribution in [-0.4, -0.2) is 16.8 Å². The lowest BCUT2D eigenvalue weighted by atomic mass is 10.1. The van der Waals surface area contributed by atoms with Crippen molar-refractivity contribution in [3.05, 3.63) is 65.9 Å². The molecule has 1 amide bonds. The van der Waals surface area contributed by atoms with Gasteiger partial charge in [0.2, 0.25) is 0 Å². The van der Waals surface area contributed by atoms with Gasteiger partial charge in [0.05, 0.1) is 5.69 Å². The lowest BCUT2D eigenvalue weighted by Gasteiger charge is -2.07. The highest BCUT2D eigenvalue weighted by Crippen LogP contribution is 2.21. The van der Waals surface area contributed by atoms with E-state index in [2.05, 4.69) is 10.6 Å². The number of hydrogen-bond acceptors (Lipinski definition) is 5. The van der Waals surface area contributed by atoms with Gasteiger partial charge in [0.25, 0.3) is 5.91 Å². The van der Waals surface area contributed by atoms with Crippen molar-refractivity contribution in [1.29, 1.82) is 5.26 Å². The average molecular weight is 321 g/mol. The highest BCUT2D eigenvalue weighted by molar-refractivity contribution is 6.07. The number of rotatable bonds is 5. The van der Waals surface area contributed by atoms with E-state index in [0.717, 1.165) is 0 Å². The number of nitrogens with zero attached hydrogens (tertiary/aromatic N) is 1. The Hall–Kier alpha value is -3.59. The number of carbonyl (C=O) groups excluding carboxylic acids is 2. The van der Waals surface area contributed by atoms with Crippen LogP contribution in [-0.2, 0) is 4.79 Å². The molecule has 2 rings (SSSR count). The summed E-state index contributed by atoms with van der Waals surface area (Å²) < 4.78 is 0. The number of hydrogen-bond donors (Lipinski definition) is 3. The van der Waals surface area contributed by atoms with Crippen molar-refractivity contribution in [3.63, 3.8) is 0 Å². The maximum Gasteiger partial charge on any atom is 0.267 e. The summed E-state index contributed by atoms with van der Waals surface area (Å²) in [5.74, 6) is -0.745. The second-order valence-corrected chi connectivity index (χ2v) is 4.92. The predicted molar refractivity (Wildman–Crippen MR) is 90.5 cm³/mol. The number of amides is 1. The lowest BCUT2D eigenvalue weighted by molar-refractivity contribution is -0.112. The monoisotopic (exact) mass is 321 g/mol. The number of phenols is 1. The normalized spacial score (nSPS) is 10.6. The maximum absolute atomic E-state index is 12.1. The summed E-state index contributed by atoms with van der Waals surface area (Å²) in [4.78, 5) is 23.5. The molecule has 3 N–H and O–H groups in total. The van der Waals surface area contributed by atoms with Gasteiger partial charge >= 0.3 is 0 Å². The Kier molecular flexibility index (Phi) is 5.32. The van der Waals surface area contributed by atoms with Crippen LogP contribution in [0.4, 0.5) is 11.4 Å². The number of nitrogens with one attached hydrogen (secondary N) is 2. The minimum atomic E-state index is -0.624.